The van der Waals surface area contributed by atoms with Gasteiger partial charge in [-0.3, -0.25) is 4.79 Å². The van der Waals surface area contributed by atoms with Gasteiger partial charge in [0.25, 0.3) is 0 Å². The molecule has 21 heavy (non-hydrogen) atoms. The molecule has 0 bridgehead atoms. The minimum absolute atomic E-state index is 0.0615. The summed E-state index contributed by atoms with van der Waals surface area (Å²) >= 11 is 0. The number of fused-ring (bicyclic) bond motifs is 1. The first kappa shape index (κ1) is 13.4. The molecule has 1 amide bonds. The normalized spacial score (nSPS) is 13.3. The van der Waals surface area contributed by atoms with Gasteiger partial charge < -0.3 is 15.5 Å². The van der Waals surface area contributed by atoms with Crippen molar-refractivity contribution in [2.75, 3.05) is 10.7 Å². The molecule has 1 aliphatic heterocycles. The van der Waals surface area contributed by atoms with Gasteiger partial charge in [0.1, 0.15) is 18.2 Å². The Morgan fingerprint density at radius 2 is 2.19 bits per heavy atom. The number of benzene rings is 1. The molecule has 0 spiro atoms. The lowest BCUT2D eigenvalue weighted by Gasteiger charge is -2.17. The van der Waals surface area contributed by atoms with Crippen LogP contribution < -0.4 is 21.3 Å². The van der Waals surface area contributed by atoms with E-state index in [-0.39, 0.29) is 5.91 Å². The number of pyridine rings is 1. The van der Waals surface area contributed by atoms with E-state index in [9.17, 15) is 4.79 Å². The van der Waals surface area contributed by atoms with Crippen molar-refractivity contribution in [3.05, 3.63) is 47.7 Å². The van der Waals surface area contributed by atoms with Gasteiger partial charge in [0.05, 0.1) is 5.69 Å². The third-order valence-electron chi connectivity index (χ3n) is 3.31. The Morgan fingerprint density at radius 3 is 3.05 bits per heavy atom. The van der Waals surface area contributed by atoms with E-state index >= 15 is 0 Å². The zero-order valence-electron chi connectivity index (χ0n) is 11.4. The van der Waals surface area contributed by atoms with Crippen molar-refractivity contribution < 1.29 is 9.53 Å². The lowest BCUT2D eigenvalue weighted by molar-refractivity contribution is -0.116. The molecule has 2 aromatic rings. The zero-order chi connectivity index (χ0) is 14.7. The maximum Gasteiger partial charge on any atom is 0.224 e. The molecular formula is C15H16N4O2. The molecule has 6 heteroatoms. The fourth-order valence-corrected chi connectivity index (χ4v) is 2.25. The Morgan fingerprint density at radius 1 is 1.29 bits per heavy atom. The molecule has 0 fully saturated rings. The van der Waals surface area contributed by atoms with E-state index in [1.807, 2.05) is 30.3 Å². The van der Waals surface area contributed by atoms with E-state index in [1.54, 1.807) is 6.07 Å². The molecular weight excluding hydrogens is 268 g/mol. The summed E-state index contributed by atoms with van der Waals surface area (Å²) in [6.07, 6.45) is 1.26. The summed E-state index contributed by atoms with van der Waals surface area (Å²) in [5, 5.41) is 2.85. The Kier molecular flexibility index (Phi) is 3.70. The van der Waals surface area contributed by atoms with Crippen LogP contribution in [0, 0.1) is 0 Å². The Bertz CT molecular complexity index is 672. The molecule has 108 valence electrons. The molecule has 1 aliphatic rings. The number of hydrogen-bond acceptors (Lipinski definition) is 5. The molecule has 0 aliphatic carbocycles. The van der Waals surface area contributed by atoms with Crippen molar-refractivity contribution in [2.45, 2.75) is 19.4 Å². The number of nitrogens with zero attached hydrogens (tertiary/aromatic N) is 1. The van der Waals surface area contributed by atoms with E-state index in [0.29, 0.717) is 18.8 Å². The number of amides is 1. The fraction of sp³-hybridized carbons (Fsp3) is 0.200. The summed E-state index contributed by atoms with van der Waals surface area (Å²) in [7, 11) is 0. The summed E-state index contributed by atoms with van der Waals surface area (Å²) < 4.78 is 5.74. The predicted molar refractivity (Wildman–Crippen MR) is 79.8 cm³/mol. The summed E-state index contributed by atoms with van der Waals surface area (Å²) in [5.41, 5.74) is 5.25. The molecule has 6 nitrogen and oxygen atoms in total. The summed E-state index contributed by atoms with van der Waals surface area (Å²) in [6.45, 7) is 0.362. The molecule has 0 atom stereocenters. The second-order valence-electron chi connectivity index (χ2n) is 4.81. The SMILES string of the molecule is NNc1cccc(COc2ccc3c(c2)CCC(=O)N3)n1. The van der Waals surface area contributed by atoms with Crippen molar-refractivity contribution >= 4 is 17.4 Å². The number of carbonyl (C=O) groups excluding carboxylic acids is 1. The molecule has 1 aromatic carbocycles. The number of nitrogens with two attached hydrogens (primary N) is 1. The topological polar surface area (TPSA) is 89.3 Å². The van der Waals surface area contributed by atoms with Crippen LogP contribution in [-0.4, -0.2) is 10.9 Å². The van der Waals surface area contributed by atoms with Crippen molar-refractivity contribution in [2.24, 2.45) is 5.84 Å². The van der Waals surface area contributed by atoms with Crippen LogP contribution in [0.5, 0.6) is 5.75 Å². The highest BCUT2D eigenvalue weighted by Gasteiger charge is 2.15. The monoisotopic (exact) mass is 284 g/mol. The van der Waals surface area contributed by atoms with Gasteiger partial charge in [-0.2, -0.15) is 0 Å². The van der Waals surface area contributed by atoms with Crippen LogP contribution in [0.15, 0.2) is 36.4 Å². The first-order valence-electron chi connectivity index (χ1n) is 6.73. The highest BCUT2D eigenvalue weighted by atomic mass is 16.5. The number of ether oxygens (including phenoxy) is 1. The maximum atomic E-state index is 11.3. The second kappa shape index (κ2) is 5.80. The van der Waals surface area contributed by atoms with Gasteiger partial charge in [0.15, 0.2) is 0 Å². The third-order valence-corrected chi connectivity index (χ3v) is 3.31. The number of aromatic nitrogens is 1. The Balaban J connectivity index is 1.69. The van der Waals surface area contributed by atoms with Crippen molar-refractivity contribution in [1.29, 1.82) is 0 Å². The van der Waals surface area contributed by atoms with E-state index in [2.05, 4.69) is 15.7 Å². The van der Waals surface area contributed by atoms with Crippen LogP contribution in [0.25, 0.3) is 0 Å². The fourth-order valence-electron chi connectivity index (χ4n) is 2.25. The quantitative estimate of drug-likeness (QED) is 0.589. The number of hydrogen-bond donors (Lipinski definition) is 3. The number of rotatable bonds is 4. The Hall–Kier alpha value is -2.60. The van der Waals surface area contributed by atoms with E-state index in [1.165, 1.54) is 0 Å². The average Bonchev–Trinajstić information content (AvgIpc) is 2.53. The van der Waals surface area contributed by atoms with Gasteiger partial charge in [0, 0.05) is 12.1 Å². The van der Waals surface area contributed by atoms with Crippen LogP contribution in [0.4, 0.5) is 11.5 Å². The van der Waals surface area contributed by atoms with Crippen LogP contribution in [-0.2, 0) is 17.8 Å². The van der Waals surface area contributed by atoms with Gasteiger partial charge in [-0.15, -0.1) is 0 Å². The van der Waals surface area contributed by atoms with Crippen LogP contribution in [0.3, 0.4) is 0 Å². The third kappa shape index (κ3) is 3.11. The summed E-state index contributed by atoms with van der Waals surface area (Å²) in [6, 6.07) is 11.2. The minimum Gasteiger partial charge on any atom is -0.487 e. The lowest BCUT2D eigenvalue weighted by atomic mass is 10.0. The van der Waals surface area contributed by atoms with E-state index in [4.69, 9.17) is 10.6 Å². The van der Waals surface area contributed by atoms with Crippen molar-refractivity contribution in [3.63, 3.8) is 0 Å². The number of nitrogens with one attached hydrogen (secondary N) is 2. The van der Waals surface area contributed by atoms with Crippen LogP contribution in [0.2, 0.25) is 0 Å². The number of hydrazine groups is 1. The predicted octanol–water partition coefficient (Wildman–Crippen LogP) is 1.83. The smallest absolute Gasteiger partial charge is 0.224 e. The largest absolute Gasteiger partial charge is 0.487 e. The second-order valence-corrected chi connectivity index (χ2v) is 4.81. The molecule has 0 unspecified atom stereocenters. The Labute approximate surface area is 122 Å². The molecule has 0 saturated heterocycles. The summed E-state index contributed by atoms with van der Waals surface area (Å²) in [4.78, 5) is 15.6. The average molecular weight is 284 g/mol. The van der Waals surface area contributed by atoms with Crippen molar-refractivity contribution in [3.8, 4) is 5.75 Å². The zero-order valence-corrected chi connectivity index (χ0v) is 11.4. The molecule has 4 N–H and O–H groups in total. The molecule has 0 radical (unpaired) electrons. The first-order chi connectivity index (χ1) is 10.2. The van der Waals surface area contributed by atoms with E-state index < -0.39 is 0 Å². The highest BCUT2D eigenvalue weighted by Crippen LogP contribution is 2.27. The lowest BCUT2D eigenvalue weighted by Crippen LogP contribution is -2.18. The van der Waals surface area contributed by atoms with Gasteiger partial charge in [0.2, 0.25) is 5.91 Å². The molecule has 0 saturated carbocycles. The number of carbonyl (C=O) groups is 1. The van der Waals surface area contributed by atoms with Crippen LogP contribution >= 0.6 is 0 Å². The first-order valence-corrected chi connectivity index (χ1v) is 6.73. The maximum absolute atomic E-state index is 11.3. The minimum atomic E-state index is 0.0615. The van der Waals surface area contributed by atoms with E-state index in [0.717, 1.165) is 29.1 Å². The number of aryl methyl sites for hydroxylation is 1. The number of nitrogen functional groups attached to an aromatic ring is 1. The van der Waals surface area contributed by atoms with Gasteiger partial charge >= 0.3 is 0 Å². The number of anilines is 2. The van der Waals surface area contributed by atoms with Crippen molar-refractivity contribution in [1.82, 2.24) is 4.98 Å². The van der Waals surface area contributed by atoms with Gasteiger partial charge in [-0.05, 0) is 42.3 Å². The van der Waals surface area contributed by atoms with Gasteiger partial charge in [-0.1, -0.05) is 6.07 Å². The summed E-state index contributed by atoms with van der Waals surface area (Å²) in [5.74, 6) is 6.75. The molecule has 3 rings (SSSR count). The molecule has 1 aromatic heterocycles. The molecule has 2 heterocycles. The standard InChI is InChI=1S/C15H16N4O2/c16-19-14-3-1-2-11(17-14)9-21-12-5-6-13-10(8-12)4-7-15(20)18-13/h1-3,5-6,8H,4,7,9,16H2,(H,17,19)(H,18,20). The van der Waals surface area contributed by atoms with Crippen LogP contribution in [0.1, 0.15) is 17.7 Å². The highest BCUT2D eigenvalue weighted by molar-refractivity contribution is 5.93. The van der Waals surface area contributed by atoms with Gasteiger partial charge in [-0.25, -0.2) is 10.8 Å².